The van der Waals surface area contributed by atoms with Crippen molar-refractivity contribution in [1.82, 2.24) is 10.1 Å². The Bertz CT molecular complexity index is 536. The number of aromatic nitrogens is 2. The van der Waals surface area contributed by atoms with E-state index in [0.717, 1.165) is 6.54 Å². The Morgan fingerprint density at radius 1 is 1.42 bits per heavy atom. The van der Waals surface area contributed by atoms with Gasteiger partial charge in [0.25, 0.3) is 0 Å². The van der Waals surface area contributed by atoms with Crippen molar-refractivity contribution in [3.05, 3.63) is 40.4 Å². The Balaban J connectivity index is 2.07. The molecule has 0 fully saturated rings. The maximum atomic E-state index is 13.6. The van der Waals surface area contributed by atoms with Crippen molar-refractivity contribution in [3.63, 3.8) is 0 Å². The van der Waals surface area contributed by atoms with Gasteiger partial charge in [0, 0.05) is 23.6 Å². The van der Waals surface area contributed by atoms with Crippen LogP contribution in [0.15, 0.2) is 22.7 Å². The zero-order valence-corrected chi connectivity index (χ0v) is 11.5. The van der Waals surface area contributed by atoms with Crippen molar-refractivity contribution >= 4 is 17.6 Å². The summed E-state index contributed by atoms with van der Waals surface area (Å²) in [6.07, 6.45) is 0.207. The van der Waals surface area contributed by atoms with E-state index < -0.39 is 0 Å². The highest BCUT2D eigenvalue weighted by atomic mass is 35.5. The van der Waals surface area contributed by atoms with Crippen molar-refractivity contribution in [1.29, 1.82) is 0 Å². The van der Waals surface area contributed by atoms with Crippen molar-refractivity contribution in [2.24, 2.45) is 5.92 Å². The van der Waals surface area contributed by atoms with Gasteiger partial charge in [0.2, 0.25) is 0 Å². The lowest BCUT2D eigenvalue weighted by molar-refractivity contribution is 0.421. The molecule has 19 heavy (non-hydrogen) atoms. The van der Waals surface area contributed by atoms with Gasteiger partial charge in [-0.25, -0.2) is 4.39 Å². The number of rotatable bonds is 5. The normalized spacial score (nSPS) is 11.0. The molecule has 0 saturated carbocycles. The summed E-state index contributed by atoms with van der Waals surface area (Å²) in [5.74, 6) is 0.503. The number of nitrogens with zero attached hydrogens (tertiary/aromatic N) is 2. The summed E-state index contributed by atoms with van der Waals surface area (Å²) < 4.78 is 18.6. The second-order valence-corrected chi connectivity index (χ2v) is 5.07. The van der Waals surface area contributed by atoms with Gasteiger partial charge in [0.1, 0.15) is 5.82 Å². The van der Waals surface area contributed by atoms with Crippen LogP contribution in [0.4, 0.5) is 10.4 Å². The molecular weight excluding hydrogens is 269 g/mol. The van der Waals surface area contributed by atoms with E-state index in [1.807, 2.05) is 0 Å². The lowest BCUT2D eigenvalue weighted by Gasteiger charge is -2.03. The van der Waals surface area contributed by atoms with Crippen LogP contribution in [-0.4, -0.2) is 16.7 Å². The van der Waals surface area contributed by atoms with Crippen molar-refractivity contribution in [2.75, 3.05) is 11.9 Å². The Morgan fingerprint density at radius 3 is 2.89 bits per heavy atom. The van der Waals surface area contributed by atoms with E-state index in [2.05, 4.69) is 29.3 Å². The second-order valence-electron chi connectivity index (χ2n) is 4.67. The molecule has 0 bridgehead atoms. The number of hydrogen-bond donors (Lipinski definition) is 1. The quantitative estimate of drug-likeness (QED) is 0.912. The van der Waals surface area contributed by atoms with Crippen LogP contribution in [-0.2, 0) is 6.42 Å². The first-order chi connectivity index (χ1) is 9.06. The van der Waals surface area contributed by atoms with Crippen LogP contribution in [0.3, 0.4) is 0 Å². The molecule has 1 N–H and O–H groups in total. The van der Waals surface area contributed by atoms with Gasteiger partial charge < -0.3 is 9.84 Å². The summed E-state index contributed by atoms with van der Waals surface area (Å²) in [4.78, 5) is 4.15. The molecule has 0 radical (unpaired) electrons. The molecule has 0 aliphatic rings. The molecule has 2 rings (SSSR count). The SMILES string of the molecule is CC(C)CNc1nc(Cc2c(F)cccc2Cl)no1. The van der Waals surface area contributed by atoms with Gasteiger partial charge in [0.05, 0.1) is 0 Å². The van der Waals surface area contributed by atoms with Gasteiger partial charge in [-0.05, 0) is 18.1 Å². The van der Waals surface area contributed by atoms with E-state index >= 15 is 0 Å². The minimum absolute atomic E-state index is 0.207. The standard InChI is InChI=1S/C13H15ClFN3O/c1-8(2)7-16-13-17-12(18-19-13)6-9-10(14)4-3-5-11(9)15/h3-5,8H,6-7H2,1-2H3,(H,16,17,18). The van der Waals surface area contributed by atoms with Crippen LogP contribution in [0.1, 0.15) is 25.2 Å². The average molecular weight is 284 g/mol. The lowest BCUT2D eigenvalue weighted by atomic mass is 10.1. The van der Waals surface area contributed by atoms with Gasteiger partial charge in [-0.3, -0.25) is 0 Å². The zero-order chi connectivity index (χ0) is 13.8. The summed E-state index contributed by atoms with van der Waals surface area (Å²) in [5.41, 5.74) is 0.375. The van der Waals surface area contributed by atoms with Gasteiger partial charge in [-0.15, -0.1) is 0 Å². The largest absolute Gasteiger partial charge is 0.338 e. The summed E-state index contributed by atoms with van der Waals surface area (Å²) >= 11 is 5.95. The molecule has 0 amide bonds. The van der Waals surface area contributed by atoms with E-state index in [1.165, 1.54) is 6.07 Å². The van der Waals surface area contributed by atoms with Crippen LogP contribution in [0.5, 0.6) is 0 Å². The molecule has 6 heteroatoms. The number of hydrogen-bond acceptors (Lipinski definition) is 4. The maximum Gasteiger partial charge on any atom is 0.321 e. The molecule has 1 aromatic carbocycles. The molecule has 1 heterocycles. The molecule has 1 aromatic heterocycles. The van der Waals surface area contributed by atoms with Crippen LogP contribution in [0.2, 0.25) is 5.02 Å². The van der Waals surface area contributed by atoms with E-state index in [0.29, 0.717) is 28.3 Å². The minimum Gasteiger partial charge on any atom is -0.338 e. The Labute approximate surface area is 116 Å². The highest BCUT2D eigenvalue weighted by Gasteiger charge is 2.12. The highest BCUT2D eigenvalue weighted by molar-refractivity contribution is 6.31. The molecule has 0 unspecified atom stereocenters. The third kappa shape index (κ3) is 3.67. The van der Waals surface area contributed by atoms with Crippen LogP contribution < -0.4 is 5.32 Å². The molecule has 0 atom stereocenters. The Hall–Kier alpha value is -1.62. The molecule has 0 aliphatic carbocycles. The molecular formula is C13H15ClFN3O. The minimum atomic E-state index is -0.367. The summed E-state index contributed by atoms with van der Waals surface area (Å²) in [7, 11) is 0. The number of anilines is 1. The summed E-state index contributed by atoms with van der Waals surface area (Å²) in [5, 5.41) is 7.17. The van der Waals surface area contributed by atoms with Gasteiger partial charge in [-0.2, -0.15) is 4.98 Å². The second kappa shape index (κ2) is 6.02. The zero-order valence-electron chi connectivity index (χ0n) is 10.8. The number of nitrogens with one attached hydrogen (secondary N) is 1. The molecule has 4 nitrogen and oxygen atoms in total. The predicted molar refractivity (Wildman–Crippen MR) is 71.8 cm³/mol. The van der Waals surface area contributed by atoms with E-state index in [9.17, 15) is 4.39 Å². The molecule has 0 aliphatic heterocycles. The smallest absolute Gasteiger partial charge is 0.321 e. The van der Waals surface area contributed by atoms with E-state index in [1.54, 1.807) is 12.1 Å². The van der Waals surface area contributed by atoms with Gasteiger partial charge in [0.15, 0.2) is 5.82 Å². The lowest BCUT2D eigenvalue weighted by Crippen LogP contribution is -2.08. The van der Waals surface area contributed by atoms with Crippen molar-refractivity contribution in [3.8, 4) is 0 Å². The predicted octanol–water partition coefficient (Wildman–Crippen LogP) is 3.52. The Kier molecular flexibility index (Phi) is 4.37. The summed E-state index contributed by atoms with van der Waals surface area (Å²) in [6, 6.07) is 4.90. The maximum absolute atomic E-state index is 13.6. The summed E-state index contributed by atoms with van der Waals surface area (Å²) in [6.45, 7) is 4.88. The molecule has 0 spiro atoms. The fourth-order valence-corrected chi connectivity index (χ4v) is 1.78. The first-order valence-electron chi connectivity index (χ1n) is 6.05. The average Bonchev–Trinajstić information content (AvgIpc) is 2.79. The molecule has 2 aromatic rings. The monoisotopic (exact) mass is 283 g/mol. The third-order valence-electron chi connectivity index (χ3n) is 2.53. The molecule has 102 valence electrons. The number of benzene rings is 1. The topological polar surface area (TPSA) is 51.0 Å². The fraction of sp³-hybridized carbons (Fsp3) is 0.385. The Morgan fingerprint density at radius 2 is 2.21 bits per heavy atom. The highest BCUT2D eigenvalue weighted by Crippen LogP contribution is 2.21. The van der Waals surface area contributed by atoms with Crippen LogP contribution in [0.25, 0.3) is 0 Å². The third-order valence-corrected chi connectivity index (χ3v) is 2.88. The van der Waals surface area contributed by atoms with Crippen molar-refractivity contribution < 1.29 is 8.91 Å². The van der Waals surface area contributed by atoms with E-state index in [4.69, 9.17) is 16.1 Å². The van der Waals surface area contributed by atoms with Gasteiger partial charge in [-0.1, -0.05) is 36.7 Å². The first-order valence-corrected chi connectivity index (χ1v) is 6.43. The molecule has 0 saturated heterocycles. The van der Waals surface area contributed by atoms with Crippen molar-refractivity contribution in [2.45, 2.75) is 20.3 Å². The van der Waals surface area contributed by atoms with E-state index in [-0.39, 0.29) is 12.2 Å². The van der Waals surface area contributed by atoms with Crippen LogP contribution >= 0.6 is 11.6 Å². The first kappa shape index (κ1) is 13.8. The fourth-order valence-electron chi connectivity index (χ4n) is 1.55. The van der Waals surface area contributed by atoms with Gasteiger partial charge >= 0.3 is 6.01 Å². The van der Waals surface area contributed by atoms with Crippen LogP contribution in [0, 0.1) is 11.7 Å². The number of halogens is 2.